The molecule has 3 atom stereocenters. The van der Waals surface area contributed by atoms with Crippen LogP contribution in [0.4, 0.5) is 0 Å². The number of nitrogens with two attached hydrogens (primary N) is 1. The van der Waals surface area contributed by atoms with Gasteiger partial charge in [0.1, 0.15) is 0 Å². The molecule has 3 nitrogen and oxygen atoms in total. The topological polar surface area (TPSA) is 55.1 Å². The van der Waals surface area contributed by atoms with Gasteiger partial charge in [-0.15, -0.1) is 0 Å². The quantitative estimate of drug-likeness (QED) is 0.771. The summed E-state index contributed by atoms with van der Waals surface area (Å²) in [5.74, 6) is 1.47. The first-order chi connectivity index (χ1) is 7.52. The Morgan fingerprint density at radius 2 is 1.88 bits per heavy atom. The van der Waals surface area contributed by atoms with Gasteiger partial charge in [-0.25, -0.2) is 0 Å². The molecule has 0 heterocycles. The summed E-state index contributed by atoms with van der Waals surface area (Å²) >= 11 is 0. The van der Waals surface area contributed by atoms with Crippen molar-refractivity contribution < 1.29 is 4.79 Å². The minimum absolute atomic E-state index is 0.0353. The first kappa shape index (κ1) is 13.5. The van der Waals surface area contributed by atoms with Gasteiger partial charge in [0.05, 0.1) is 6.04 Å². The molecule has 0 aromatic carbocycles. The summed E-state index contributed by atoms with van der Waals surface area (Å²) in [5, 5.41) is 3.10. The van der Waals surface area contributed by atoms with Crippen molar-refractivity contribution >= 4 is 5.91 Å². The Bertz CT molecular complexity index is 220. The smallest absolute Gasteiger partial charge is 0.237 e. The first-order valence-electron chi connectivity index (χ1n) is 6.58. The van der Waals surface area contributed by atoms with Crippen molar-refractivity contribution in [3.05, 3.63) is 0 Å². The molecule has 1 fully saturated rings. The average molecular weight is 226 g/mol. The van der Waals surface area contributed by atoms with Gasteiger partial charge >= 0.3 is 0 Å². The summed E-state index contributed by atoms with van der Waals surface area (Å²) in [7, 11) is 0. The van der Waals surface area contributed by atoms with Gasteiger partial charge in [0, 0.05) is 6.04 Å². The van der Waals surface area contributed by atoms with Crippen LogP contribution in [0.5, 0.6) is 0 Å². The van der Waals surface area contributed by atoms with Gasteiger partial charge in [-0.1, -0.05) is 27.2 Å². The van der Waals surface area contributed by atoms with Gasteiger partial charge in [0.25, 0.3) is 0 Å². The highest BCUT2D eigenvalue weighted by Crippen LogP contribution is 2.28. The highest BCUT2D eigenvalue weighted by atomic mass is 16.2. The predicted octanol–water partition coefficient (Wildman–Crippen LogP) is 2.05. The fraction of sp³-hybridized carbons (Fsp3) is 0.923. The van der Waals surface area contributed by atoms with Crippen molar-refractivity contribution in [1.29, 1.82) is 0 Å². The standard InChI is InChI=1S/C13H26N2O/c1-4-5-12(14)13(16)15-11-7-9(2)6-10(3)8-11/h9-12H,4-8,14H2,1-3H3,(H,15,16). The van der Waals surface area contributed by atoms with E-state index in [-0.39, 0.29) is 11.9 Å². The van der Waals surface area contributed by atoms with Crippen molar-refractivity contribution in [2.45, 2.75) is 65.0 Å². The summed E-state index contributed by atoms with van der Waals surface area (Å²) in [6, 6.07) is 0.0201. The van der Waals surface area contributed by atoms with Crippen molar-refractivity contribution in [1.82, 2.24) is 5.32 Å². The molecule has 3 unspecified atom stereocenters. The van der Waals surface area contributed by atoms with Gasteiger partial charge in [0.2, 0.25) is 5.91 Å². The Hall–Kier alpha value is -0.570. The normalized spacial score (nSPS) is 32.1. The number of amides is 1. The van der Waals surface area contributed by atoms with E-state index >= 15 is 0 Å². The van der Waals surface area contributed by atoms with Crippen molar-refractivity contribution in [3.63, 3.8) is 0 Å². The fourth-order valence-electron chi connectivity index (χ4n) is 2.82. The van der Waals surface area contributed by atoms with Crippen LogP contribution in [0.15, 0.2) is 0 Å². The minimum Gasteiger partial charge on any atom is -0.352 e. The molecule has 0 radical (unpaired) electrons. The molecule has 3 N–H and O–H groups in total. The molecule has 0 spiro atoms. The van der Waals surface area contributed by atoms with Gasteiger partial charge in [-0.2, -0.15) is 0 Å². The summed E-state index contributed by atoms with van der Waals surface area (Å²) < 4.78 is 0. The number of hydrogen-bond donors (Lipinski definition) is 2. The fourth-order valence-corrected chi connectivity index (χ4v) is 2.82. The van der Waals surface area contributed by atoms with E-state index in [2.05, 4.69) is 26.1 Å². The van der Waals surface area contributed by atoms with E-state index in [9.17, 15) is 4.79 Å². The number of rotatable bonds is 4. The molecule has 16 heavy (non-hydrogen) atoms. The zero-order chi connectivity index (χ0) is 12.1. The van der Waals surface area contributed by atoms with Crippen LogP contribution in [0.25, 0.3) is 0 Å². The predicted molar refractivity (Wildman–Crippen MR) is 67.0 cm³/mol. The summed E-state index contributed by atoms with van der Waals surface area (Å²) in [4.78, 5) is 11.8. The maximum atomic E-state index is 11.8. The third-order valence-electron chi connectivity index (χ3n) is 3.46. The lowest BCUT2D eigenvalue weighted by Crippen LogP contribution is -2.47. The molecule has 0 saturated heterocycles. The molecule has 1 amide bonds. The second-order valence-corrected chi connectivity index (χ2v) is 5.52. The van der Waals surface area contributed by atoms with E-state index in [1.54, 1.807) is 0 Å². The third-order valence-corrected chi connectivity index (χ3v) is 3.46. The second kappa shape index (κ2) is 6.24. The molecular formula is C13H26N2O. The molecule has 0 aromatic heterocycles. The monoisotopic (exact) mass is 226 g/mol. The lowest BCUT2D eigenvalue weighted by atomic mass is 9.80. The molecule has 1 aliphatic rings. The van der Waals surface area contributed by atoms with Gasteiger partial charge in [0.15, 0.2) is 0 Å². The lowest BCUT2D eigenvalue weighted by molar-refractivity contribution is -0.123. The Morgan fingerprint density at radius 1 is 1.31 bits per heavy atom. The number of carbonyl (C=O) groups excluding carboxylic acids is 1. The Kier molecular flexibility index (Phi) is 5.26. The molecule has 1 saturated carbocycles. The van der Waals surface area contributed by atoms with E-state index < -0.39 is 0 Å². The van der Waals surface area contributed by atoms with E-state index in [0.717, 1.165) is 37.5 Å². The Labute approximate surface area is 99.2 Å². The number of hydrogen-bond acceptors (Lipinski definition) is 2. The largest absolute Gasteiger partial charge is 0.352 e. The minimum atomic E-state index is -0.322. The zero-order valence-electron chi connectivity index (χ0n) is 10.8. The summed E-state index contributed by atoms with van der Waals surface area (Å²) in [6.45, 7) is 6.58. The highest BCUT2D eigenvalue weighted by Gasteiger charge is 2.26. The second-order valence-electron chi connectivity index (χ2n) is 5.52. The maximum absolute atomic E-state index is 11.8. The average Bonchev–Trinajstić information content (AvgIpc) is 2.16. The van der Waals surface area contributed by atoms with Crippen LogP contribution in [0, 0.1) is 11.8 Å². The molecule has 0 aliphatic heterocycles. The molecule has 1 rings (SSSR count). The van der Waals surface area contributed by atoms with Crippen LogP contribution in [-0.4, -0.2) is 18.0 Å². The zero-order valence-corrected chi connectivity index (χ0v) is 10.8. The molecule has 1 aliphatic carbocycles. The van der Waals surface area contributed by atoms with Crippen molar-refractivity contribution in [2.75, 3.05) is 0 Å². The van der Waals surface area contributed by atoms with Crippen molar-refractivity contribution in [2.24, 2.45) is 17.6 Å². The molecule has 94 valence electrons. The number of nitrogens with one attached hydrogen (secondary N) is 1. The van der Waals surface area contributed by atoms with Crippen molar-refractivity contribution in [3.8, 4) is 0 Å². The van der Waals surface area contributed by atoms with Gasteiger partial charge < -0.3 is 11.1 Å². The third kappa shape index (κ3) is 4.12. The van der Waals surface area contributed by atoms with E-state index in [0.29, 0.717) is 6.04 Å². The SMILES string of the molecule is CCCC(N)C(=O)NC1CC(C)CC(C)C1. The lowest BCUT2D eigenvalue weighted by Gasteiger charge is -2.32. The van der Waals surface area contributed by atoms with Crippen LogP contribution in [0.2, 0.25) is 0 Å². The molecule has 3 heteroatoms. The van der Waals surface area contributed by atoms with Gasteiger partial charge in [-0.3, -0.25) is 4.79 Å². The van der Waals surface area contributed by atoms with Crippen LogP contribution >= 0.6 is 0 Å². The van der Waals surface area contributed by atoms with Crippen LogP contribution in [0.1, 0.15) is 52.9 Å². The summed E-state index contributed by atoms with van der Waals surface area (Å²) in [6.07, 6.45) is 5.24. The van der Waals surface area contributed by atoms with E-state index in [1.165, 1.54) is 6.42 Å². The Morgan fingerprint density at radius 3 is 2.38 bits per heavy atom. The summed E-state index contributed by atoms with van der Waals surface area (Å²) in [5.41, 5.74) is 5.80. The van der Waals surface area contributed by atoms with E-state index in [1.807, 2.05) is 0 Å². The molecule has 0 aromatic rings. The van der Waals surface area contributed by atoms with Crippen LogP contribution in [0.3, 0.4) is 0 Å². The number of carbonyl (C=O) groups is 1. The highest BCUT2D eigenvalue weighted by molar-refractivity contribution is 5.81. The Balaban J connectivity index is 2.38. The maximum Gasteiger partial charge on any atom is 0.237 e. The molecular weight excluding hydrogens is 200 g/mol. The van der Waals surface area contributed by atoms with Crippen LogP contribution in [-0.2, 0) is 4.79 Å². The van der Waals surface area contributed by atoms with E-state index in [4.69, 9.17) is 5.73 Å². The first-order valence-corrected chi connectivity index (χ1v) is 6.58. The van der Waals surface area contributed by atoms with Crippen LogP contribution < -0.4 is 11.1 Å². The molecule has 0 bridgehead atoms. The van der Waals surface area contributed by atoms with Gasteiger partial charge in [-0.05, 0) is 37.5 Å².